The van der Waals surface area contributed by atoms with Crippen LogP contribution in [0.2, 0.25) is 0 Å². The first kappa shape index (κ1) is 20.5. The molecule has 0 spiro atoms. The van der Waals surface area contributed by atoms with Crippen molar-refractivity contribution < 1.29 is 14.0 Å². The molecule has 2 bridgehead atoms. The summed E-state index contributed by atoms with van der Waals surface area (Å²) in [6, 6.07) is 28.7. The molecular weight excluding hydrogens is 394 g/mol. The minimum absolute atomic E-state index is 0.265. The van der Waals surface area contributed by atoms with Gasteiger partial charge in [0.05, 0.1) is 13.5 Å². The number of hydrogen-bond acceptors (Lipinski definition) is 2. The van der Waals surface area contributed by atoms with Crippen molar-refractivity contribution in [1.82, 2.24) is 0 Å². The van der Waals surface area contributed by atoms with Crippen LogP contribution in [0.15, 0.2) is 84.9 Å². The summed E-state index contributed by atoms with van der Waals surface area (Å²) in [5.74, 6) is 6.65. The first-order valence-corrected chi connectivity index (χ1v) is 11.4. The lowest BCUT2D eigenvalue weighted by atomic mass is 9.91. The van der Waals surface area contributed by atoms with Gasteiger partial charge < -0.3 is 9.22 Å². The molecule has 3 aromatic rings. The van der Waals surface area contributed by atoms with Gasteiger partial charge in [-0.1, -0.05) is 66.6 Å². The monoisotopic (exact) mass is 422 g/mol. The third-order valence-corrected chi connectivity index (χ3v) is 7.09. The van der Waals surface area contributed by atoms with E-state index >= 15 is 0 Å². The molecule has 3 nitrogen and oxygen atoms in total. The fraction of sp³-hybridized carbons (Fsp3) is 0.276. The number of esters is 1. The Balaban J connectivity index is 1.32. The number of benzene rings is 3. The summed E-state index contributed by atoms with van der Waals surface area (Å²) in [7, 11) is 2.34. The molecule has 0 saturated carbocycles. The van der Waals surface area contributed by atoms with Gasteiger partial charge in [-0.2, -0.15) is 0 Å². The van der Waals surface area contributed by atoms with E-state index in [2.05, 4.69) is 31.0 Å². The quantitative estimate of drug-likeness (QED) is 0.233. The van der Waals surface area contributed by atoms with Crippen LogP contribution in [0.5, 0.6) is 5.75 Å². The molecule has 2 heterocycles. The van der Waals surface area contributed by atoms with Crippen molar-refractivity contribution >= 4 is 5.97 Å². The first-order chi connectivity index (χ1) is 15.6. The van der Waals surface area contributed by atoms with Crippen molar-refractivity contribution in [3.8, 4) is 17.6 Å². The normalized spacial score (nSPS) is 23.4. The van der Waals surface area contributed by atoms with Crippen LogP contribution >= 0.6 is 0 Å². The second-order valence-electron chi connectivity index (χ2n) is 9.10. The molecule has 0 aliphatic carbocycles. The molecule has 0 amide bonds. The van der Waals surface area contributed by atoms with Crippen molar-refractivity contribution in [3.63, 3.8) is 0 Å². The van der Waals surface area contributed by atoms with Crippen molar-refractivity contribution in [2.45, 2.75) is 43.8 Å². The van der Waals surface area contributed by atoms with Crippen molar-refractivity contribution in [2.24, 2.45) is 0 Å². The summed E-state index contributed by atoms with van der Waals surface area (Å²) in [6.45, 7) is 0.967. The Morgan fingerprint density at radius 3 is 2.16 bits per heavy atom. The van der Waals surface area contributed by atoms with Gasteiger partial charge in [-0.05, 0) is 41.3 Å². The van der Waals surface area contributed by atoms with Gasteiger partial charge in [0.2, 0.25) is 0 Å². The predicted octanol–water partition coefficient (Wildman–Crippen LogP) is 5.31. The average Bonchev–Trinajstić information content (AvgIpc) is 2.98. The van der Waals surface area contributed by atoms with Gasteiger partial charge in [0.1, 0.15) is 24.3 Å². The minimum Gasteiger partial charge on any atom is -0.426 e. The Hall–Kier alpha value is -3.35. The second kappa shape index (κ2) is 8.65. The van der Waals surface area contributed by atoms with Crippen LogP contribution in [0.25, 0.3) is 0 Å². The van der Waals surface area contributed by atoms with Gasteiger partial charge >= 0.3 is 5.97 Å². The molecule has 0 radical (unpaired) electrons. The standard InChI is InChI=1S/C29H28NO2/c1-30(25-13-8-14-26(30)18-17-25)21-22-15-19-27(20-16-22)32-29(31)28(23-9-4-2-5-10-23)24-11-6-3-7-12-24/h2-7,9-12,15-16,19-20,25-26,28H,13,17-18,21H2,1H3/q+1/t25-,26+,30?/m1/s1. The van der Waals surface area contributed by atoms with E-state index in [1.807, 2.05) is 72.8 Å². The summed E-state index contributed by atoms with van der Waals surface area (Å²) >= 11 is 0. The summed E-state index contributed by atoms with van der Waals surface area (Å²) in [5, 5.41) is 0. The third kappa shape index (κ3) is 3.95. The molecular formula is C29H28NO2+. The van der Waals surface area contributed by atoms with Crippen LogP contribution in [0, 0.1) is 11.8 Å². The van der Waals surface area contributed by atoms with Crippen molar-refractivity contribution in [1.29, 1.82) is 0 Å². The highest BCUT2D eigenvalue weighted by atomic mass is 16.5. The van der Waals surface area contributed by atoms with E-state index in [1.165, 1.54) is 18.4 Å². The number of rotatable bonds is 6. The van der Waals surface area contributed by atoms with E-state index in [0.717, 1.165) is 28.6 Å². The van der Waals surface area contributed by atoms with Crippen LogP contribution in [-0.4, -0.2) is 29.6 Å². The van der Waals surface area contributed by atoms with E-state index in [1.54, 1.807) is 0 Å². The molecule has 2 aliphatic heterocycles. The maximum absolute atomic E-state index is 13.2. The Bertz CT molecular complexity index is 1110. The Morgan fingerprint density at radius 2 is 1.56 bits per heavy atom. The van der Waals surface area contributed by atoms with E-state index in [-0.39, 0.29) is 5.97 Å². The van der Waals surface area contributed by atoms with Crippen LogP contribution in [-0.2, 0) is 11.3 Å². The smallest absolute Gasteiger partial charge is 0.323 e. The van der Waals surface area contributed by atoms with Gasteiger partial charge in [0.25, 0.3) is 0 Å². The number of nitrogens with zero attached hydrogens (tertiary/aromatic N) is 1. The molecule has 5 rings (SSSR count). The Morgan fingerprint density at radius 1 is 0.938 bits per heavy atom. The SMILES string of the molecule is C[N+]1(Cc2ccc(OC(=O)C(c3ccccc3)c3ccccc3)cc2)[C@@H]2CC#C[C@H]1CC2. The van der Waals surface area contributed by atoms with E-state index in [0.29, 0.717) is 17.8 Å². The highest BCUT2D eigenvalue weighted by molar-refractivity contribution is 5.84. The number of fused-ring (bicyclic) bond motifs is 2. The molecule has 3 atom stereocenters. The molecule has 32 heavy (non-hydrogen) atoms. The summed E-state index contributed by atoms with van der Waals surface area (Å²) in [5.41, 5.74) is 3.12. The van der Waals surface area contributed by atoms with Crippen LogP contribution in [0.4, 0.5) is 0 Å². The minimum atomic E-state index is -0.455. The number of hydrogen-bond donors (Lipinski definition) is 0. The zero-order valence-electron chi connectivity index (χ0n) is 18.4. The topological polar surface area (TPSA) is 26.3 Å². The summed E-state index contributed by atoms with van der Waals surface area (Å²) in [6.07, 6.45) is 3.45. The van der Waals surface area contributed by atoms with Crippen LogP contribution < -0.4 is 4.74 Å². The zero-order valence-corrected chi connectivity index (χ0v) is 18.4. The maximum Gasteiger partial charge on any atom is 0.323 e. The molecule has 1 saturated heterocycles. The fourth-order valence-electron chi connectivity index (χ4n) is 5.25. The van der Waals surface area contributed by atoms with Gasteiger partial charge in [-0.25, -0.2) is 0 Å². The number of quaternary nitrogens is 1. The molecule has 2 aliphatic rings. The van der Waals surface area contributed by atoms with Crippen LogP contribution in [0.1, 0.15) is 41.9 Å². The van der Waals surface area contributed by atoms with Crippen molar-refractivity contribution in [2.75, 3.05) is 7.05 Å². The summed E-state index contributed by atoms with van der Waals surface area (Å²) < 4.78 is 6.85. The number of carbonyl (C=O) groups excluding carboxylic acids is 1. The Kier molecular flexibility index (Phi) is 5.55. The lowest BCUT2D eigenvalue weighted by Gasteiger charge is -2.40. The van der Waals surface area contributed by atoms with E-state index in [4.69, 9.17) is 4.74 Å². The second-order valence-corrected chi connectivity index (χ2v) is 9.10. The van der Waals surface area contributed by atoms with E-state index < -0.39 is 5.92 Å². The van der Waals surface area contributed by atoms with Gasteiger partial charge in [0, 0.05) is 18.4 Å². The van der Waals surface area contributed by atoms with Crippen LogP contribution in [0.3, 0.4) is 0 Å². The molecule has 3 aromatic carbocycles. The maximum atomic E-state index is 13.2. The lowest BCUT2D eigenvalue weighted by molar-refractivity contribution is -0.949. The average molecular weight is 423 g/mol. The highest BCUT2D eigenvalue weighted by Gasteiger charge is 2.46. The molecule has 160 valence electrons. The Labute approximate surface area is 190 Å². The number of carbonyl (C=O) groups is 1. The highest BCUT2D eigenvalue weighted by Crippen LogP contribution is 2.37. The molecule has 3 heteroatoms. The fourth-order valence-corrected chi connectivity index (χ4v) is 5.25. The molecule has 0 aromatic heterocycles. The van der Waals surface area contributed by atoms with Gasteiger partial charge in [0.15, 0.2) is 6.04 Å². The molecule has 0 N–H and O–H groups in total. The largest absolute Gasteiger partial charge is 0.426 e. The van der Waals surface area contributed by atoms with Crippen molar-refractivity contribution in [3.05, 3.63) is 102 Å². The van der Waals surface area contributed by atoms with Gasteiger partial charge in [-0.3, -0.25) is 4.79 Å². The molecule has 1 unspecified atom stereocenters. The first-order valence-electron chi connectivity index (χ1n) is 11.4. The lowest BCUT2D eigenvalue weighted by Crippen LogP contribution is -2.53. The van der Waals surface area contributed by atoms with Gasteiger partial charge in [-0.15, -0.1) is 0 Å². The summed E-state index contributed by atoms with van der Waals surface area (Å²) in [4.78, 5) is 13.2. The van der Waals surface area contributed by atoms with E-state index in [9.17, 15) is 4.79 Å². The molecule has 1 fully saturated rings. The third-order valence-electron chi connectivity index (χ3n) is 7.09. The predicted molar refractivity (Wildman–Crippen MR) is 126 cm³/mol. The zero-order chi connectivity index (χ0) is 22.0. The number of ether oxygens (including phenoxy) is 1.